The third-order valence-corrected chi connectivity index (χ3v) is 5.96. The van der Waals surface area contributed by atoms with Crippen molar-refractivity contribution in [2.45, 2.75) is 31.9 Å². The maximum absolute atomic E-state index is 11.5. The number of carbonyl (C=O) groups is 2. The number of phenols is 2. The fourth-order valence-corrected chi connectivity index (χ4v) is 4.16. The summed E-state index contributed by atoms with van der Waals surface area (Å²) in [6.45, 7) is 4.26. The number of carbonyl (C=O) groups excluding carboxylic acids is 2. The quantitative estimate of drug-likeness (QED) is 0.290. The van der Waals surface area contributed by atoms with Crippen LogP contribution in [0.25, 0.3) is 0 Å². The summed E-state index contributed by atoms with van der Waals surface area (Å²) in [6.07, 6.45) is -0.231. The van der Waals surface area contributed by atoms with E-state index >= 15 is 0 Å². The molecule has 0 bridgehead atoms. The second-order valence-corrected chi connectivity index (χ2v) is 9.71. The van der Waals surface area contributed by atoms with Gasteiger partial charge < -0.3 is 40.7 Å². The second kappa shape index (κ2) is 11.4. The number of β-amino-alcohol motifs (C(OH)–C–C–N with tert-alkyl or cyclic N) is 1. The molecule has 0 saturated carbocycles. The zero-order valence-electron chi connectivity index (χ0n) is 21.2. The molecule has 0 fully saturated rings. The molecule has 3 aromatic carbocycles. The fraction of sp³-hybridized carbons (Fsp3) is 0.286. The van der Waals surface area contributed by atoms with Crippen LogP contribution in [0.5, 0.6) is 23.0 Å². The minimum absolute atomic E-state index is 0.0584. The van der Waals surface area contributed by atoms with Gasteiger partial charge in [0.2, 0.25) is 0 Å². The van der Waals surface area contributed by atoms with E-state index in [1.54, 1.807) is 12.1 Å². The zero-order chi connectivity index (χ0) is 27.3. The van der Waals surface area contributed by atoms with Crippen molar-refractivity contribution >= 4 is 23.2 Å². The Morgan fingerprint density at radius 2 is 1.55 bits per heavy atom. The lowest BCUT2D eigenvalue weighted by Gasteiger charge is -2.29. The first-order valence-electron chi connectivity index (χ1n) is 12.1. The van der Waals surface area contributed by atoms with Crippen LogP contribution in [0, 0.1) is 0 Å². The molecule has 3 aromatic rings. The molecule has 1 atom stereocenters. The number of hydrogen-bond acceptors (Lipinski definition) is 8. The summed E-state index contributed by atoms with van der Waals surface area (Å²) >= 11 is 0. The highest BCUT2D eigenvalue weighted by Crippen LogP contribution is 2.38. The minimum Gasteiger partial charge on any atom is -0.508 e. The Morgan fingerprint density at radius 3 is 2.29 bits per heavy atom. The van der Waals surface area contributed by atoms with E-state index in [2.05, 4.69) is 16.0 Å². The maximum Gasteiger partial charge on any atom is 0.262 e. The van der Waals surface area contributed by atoms with E-state index in [4.69, 9.17) is 9.47 Å². The molecule has 0 aliphatic carbocycles. The number of nitrogens with one attached hydrogen (secondary N) is 3. The Balaban J connectivity index is 0.000000253. The number of fused-ring (bicyclic) bond motifs is 2. The molecule has 0 aromatic heterocycles. The first kappa shape index (κ1) is 26.8. The van der Waals surface area contributed by atoms with Crippen molar-refractivity contribution in [3.8, 4) is 23.0 Å². The third-order valence-electron chi connectivity index (χ3n) is 5.96. The van der Waals surface area contributed by atoms with Crippen LogP contribution in [-0.4, -0.2) is 52.4 Å². The first-order valence-corrected chi connectivity index (χ1v) is 12.1. The van der Waals surface area contributed by atoms with Crippen molar-refractivity contribution in [3.05, 3.63) is 71.8 Å². The number of phenolic OH excluding ortho intramolecular Hbond substituents is 2. The number of benzene rings is 3. The summed E-state index contributed by atoms with van der Waals surface area (Å²) in [6, 6.07) is 17.2. The standard InChI is InChI=1S/C20H24N2O5.C8H7NO2/c1-20(2,9-12-3-5-13(23)6-4-12)21-10-17(25)15-7-14(24)8-16-19(15)27-11-18(26)22-16;10-8-5-11-7-4-2-1-3-6(7)9-8/h3-8,17,21,23-25H,9-11H2,1-2H3,(H,22,26);1-4H,5H2,(H,9,10). The van der Waals surface area contributed by atoms with Gasteiger partial charge in [0, 0.05) is 23.7 Å². The molecular formula is C28H31N3O7. The normalized spacial score (nSPS) is 14.8. The molecule has 0 saturated heterocycles. The Labute approximate surface area is 220 Å². The summed E-state index contributed by atoms with van der Waals surface area (Å²) in [7, 11) is 0. The number of hydrogen-bond donors (Lipinski definition) is 6. The molecule has 2 aliphatic rings. The van der Waals surface area contributed by atoms with Crippen molar-refractivity contribution in [1.82, 2.24) is 5.32 Å². The average molecular weight is 522 g/mol. The summed E-state index contributed by atoms with van der Waals surface area (Å²) in [4.78, 5) is 22.3. The minimum atomic E-state index is -0.931. The fourth-order valence-electron chi connectivity index (χ4n) is 4.16. The van der Waals surface area contributed by atoms with E-state index in [1.807, 2.05) is 50.2 Å². The lowest BCUT2D eigenvalue weighted by molar-refractivity contribution is -0.119. The van der Waals surface area contributed by atoms with Crippen LogP contribution in [0.3, 0.4) is 0 Å². The van der Waals surface area contributed by atoms with Crippen LogP contribution in [0.15, 0.2) is 60.7 Å². The van der Waals surface area contributed by atoms with E-state index in [1.165, 1.54) is 12.1 Å². The molecular weight excluding hydrogens is 490 g/mol. The summed E-state index contributed by atoms with van der Waals surface area (Å²) in [5.74, 6) is 0.883. The summed E-state index contributed by atoms with van der Waals surface area (Å²) < 4.78 is 10.6. The lowest BCUT2D eigenvalue weighted by Crippen LogP contribution is -2.43. The predicted molar refractivity (Wildman–Crippen MR) is 142 cm³/mol. The highest BCUT2D eigenvalue weighted by molar-refractivity contribution is 5.96. The molecule has 38 heavy (non-hydrogen) atoms. The smallest absolute Gasteiger partial charge is 0.262 e. The van der Waals surface area contributed by atoms with E-state index in [9.17, 15) is 24.9 Å². The van der Waals surface area contributed by atoms with Gasteiger partial charge in [-0.2, -0.15) is 0 Å². The Morgan fingerprint density at radius 1 is 0.895 bits per heavy atom. The van der Waals surface area contributed by atoms with Gasteiger partial charge >= 0.3 is 0 Å². The van der Waals surface area contributed by atoms with Gasteiger partial charge in [-0.05, 0) is 56.2 Å². The van der Waals surface area contributed by atoms with Gasteiger partial charge in [-0.15, -0.1) is 0 Å². The number of anilines is 2. The van der Waals surface area contributed by atoms with Gasteiger partial charge in [0.05, 0.1) is 17.5 Å². The lowest BCUT2D eigenvalue weighted by atomic mass is 9.94. The van der Waals surface area contributed by atoms with Crippen molar-refractivity contribution < 1.29 is 34.4 Å². The molecule has 0 spiro atoms. The number of aromatic hydroxyl groups is 2. The average Bonchev–Trinajstić information content (AvgIpc) is 2.88. The van der Waals surface area contributed by atoms with Gasteiger partial charge in [-0.25, -0.2) is 0 Å². The highest BCUT2D eigenvalue weighted by Gasteiger charge is 2.26. The summed E-state index contributed by atoms with van der Waals surface area (Å²) in [5.41, 5.74) is 2.26. The Kier molecular flexibility index (Phi) is 8.04. The molecule has 2 aliphatic heterocycles. The van der Waals surface area contributed by atoms with Crippen LogP contribution in [0.1, 0.15) is 31.1 Å². The number of aliphatic hydroxyl groups excluding tert-OH is 1. The van der Waals surface area contributed by atoms with Crippen molar-refractivity contribution in [1.29, 1.82) is 0 Å². The molecule has 2 heterocycles. The van der Waals surface area contributed by atoms with Crippen LogP contribution in [0.2, 0.25) is 0 Å². The monoisotopic (exact) mass is 521 g/mol. The van der Waals surface area contributed by atoms with Crippen LogP contribution in [-0.2, 0) is 16.0 Å². The number of amides is 2. The van der Waals surface area contributed by atoms with Crippen LogP contribution >= 0.6 is 0 Å². The molecule has 6 N–H and O–H groups in total. The Bertz CT molecular complexity index is 1310. The second-order valence-electron chi connectivity index (χ2n) is 9.71. The van der Waals surface area contributed by atoms with Crippen molar-refractivity contribution in [3.63, 3.8) is 0 Å². The topological polar surface area (TPSA) is 149 Å². The number of para-hydroxylation sites is 2. The maximum atomic E-state index is 11.5. The van der Waals surface area contributed by atoms with Gasteiger partial charge in [-0.1, -0.05) is 24.3 Å². The Hall–Kier alpha value is -4.28. The van der Waals surface area contributed by atoms with Gasteiger partial charge in [-0.3, -0.25) is 9.59 Å². The largest absolute Gasteiger partial charge is 0.508 e. The van der Waals surface area contributed by atoms with Crippen molar-refractivity contribution in [2.75, 3.05) is 30.4 Å². The third kappa shape index (κ3) is 6.93. The molecule has 1 unspecified atom stereocenters. The zero-order valence-corrected chi connectivity index (χ0v) is 21.2. The first-order chi connectivity index (χ1) is 18.1. The molecule has 2 amide bonds. The number of rotatable bonds is 6. The number of aliphatic hydroxyl groups is 1. The van der Waals surface area contributed by atoms with Gasteiger partial charge in [0.1, 0.15) is 23.0 Å². The molecule has 10 nitrogen and oxygen atoms in total. The SMILES string of the molecule is CC(C)(Cc1ccc(O)cc1)NCC(O)c1cc(O)cc2c1OCC(=O)N2.O=C1COc2ccccc2N1. The molecule has 10 heteroatoms. The van der Waals surface area contributed by atoms with Crippen LogP contribution in [0.4, 0.5) is 11.4 Å². The molecule has 5 rings (SSSR count). The van der Waals surface area contributed by atoms with Gasteiger partial charge in [0.25, 0.3) is 11.8 Å². The highest BCUT2D eigenvalue weighted by atomic mass is 16.5. The van der Waals surface area contributed by atoms with Crippen molar-refractivity contribution in [2.24, 2.45) is 0 Å². The molecule has 200 valence electrons. The van der Waals surface area contributed by atoms with E-state index in [0.717, 1.165) is 17.0 Å². The van der Waals surface area contributed by atoms with E-state index in [0.29, 0.717) is 23.4 Å². The summed E-state index contributed by atoms with van der Waals surface area (Å²) in [5, 5.41) is 38.6. The van der Waals surface area contributed by atoms with Crippen LogP contribution < -0.4 is 25.4 Å². The van der Waals surface area contributed by atoms with E-state index in [-0.39, 0.29) is 48.6 Å². The van der Waals surface area contributed by atoms with Gasteiger partial charge in [0.15, 0.2) is 13.2 Å². The predicted octanol–water partition coefficient (Wildman–Crippen LogP) is 3.09. The number of ether oxygens (including phenoxy) is 2. The van der Waals surface area contributed by atoms with E-state index < -0.39 is 6.10 Å². The molecule has 0 radical (unpaired) electrons.